The van der Waals surface area contributed by atoms with Gasteiger partial charge in [-0.25, -0.2) is 0 Å². The summed E-state index contributed by atoms with van der Waals surface area (Å²) in [5, 5.41) is 2.06. The highest BCUT2D eigenvalue weighted by Crippen LogP contribution is 2.05. The molecule has 0 N–H and O–H groups in total. The number of ketones is 1. The summed E-state index contributed by atoms with van der Waals surface area (Å²) in [4.78, 5) is 11.1. The first kappa shape index (κ1) is 7.40. The molecular weight excluding hydrogens is 152 g/mol. The van der Waals surface area contributed by atoms with Crippen molar-refractivity contribution >= 4 is 5.78 Å². The lowest BCUT2D eigenvalue weighted by molar-refractivity contribution is -0.118. The number of hydrogen-bond donors (Lipinski definition) is 0. The Bertz CT molecular complexity index is 266. The second-order valence-electron chi connectivity index (χ2n) is 3.09. The quantitative estimate of drug-likeness (QED) is 0.613. The Morgan fingerprint density at radius 2 is 2.00 bits per heavy atom. The molecule has 0 atom stereocenters. The molecule has 1 saturated heterocycles. The number of Topliss-reactive ketones (excluding diaryl/α,β-unsaturated/α-hetero) is 1. The minimum Gasteiger partial charge on any atom is -0.306 e. The van der Waals surface area contributed by atoms with Crippen LogP contribution < -0.4 is 5.01 Å². The summed E-state index contributed by atoms with van der Waals surface area (Å²) in [6.07, 6.45) is 5.67. The van der Waals surface area contributed by atoms with E-state index >= 15 is 0 Å². The largest absolute Gasteiger partial charge is 0.306 e. The summed E-state index contributed by atoms with van der Waals surface area (Å²) in [6.45, 7) is 1.55. The summed E-state index contributed by atoms with van der Waals surface area (Å²) in [5.41, 5.74) is 0. The lowest BCUT2D eigenvalue weighted by atomic mass is 10.1. The number of aromatic nitrogens is 1. The van der Waals surface area contributed by atoms with E-state index in [1.807, 2.05) is 29.2 Å². The first-order valence-corrected chi connectivity index (χ1v) is 4.26. The van der Waals surface area contributed by atoms with Gasteiger partial charge in [0, 0.05) is 25.4 Å². The van der Waals surface area contributed by atoms with Gasteiger partial charge in [0.25, 0.3) is 0 Å². The number of carbonyl (C=O) groups is 1. The summed E-state index contributed by atoms with van der Waals surface area (Å²) < 4.78 is 1.98. The van der Waals surface area contributed by atoms with Crippen LogP contribution in [0, 0.1) is 0 Å². The van der Waals surface area contributed by atoms with Crippen molar-refractivity contribution in [2.75, 3.05) is 18.1 Å². The van der Waals surface area contributed by atoms with Gasteiger partial charge in [-0.1, -0.05) is 0 Å². The Labute approximate surface area is 71.6 Å². The third-order valence-electron chi connectivity index (χ3n) is 2.15. The normalized spacial score (nSPS) is 18.3. The van der Waals surface area contributed by atoms with E-state index in [1.165, 1.54) is 0 Å². The number of piperidine rings is 1. The predicted molar refractivity (Wildman–Crippen MR) is 46.6 cm³/mol. The number of rotatable bonds is 1. The lowest BCUT2D eigenvalue weighted by Crippen LogP contribution is -2.42. The van der Waals surface area contributed by atoms with Crippen LogP contribution in [0.15, 0.2) is 24.5 Å². The second kappa shape index (κ2) is 3.01. The van der Waals surface area contributed by atoms with Crippen LogP contribution in [0.25, 0.3) is 0 Å². The van der Waals surface area contributed by atoms with E-state index in [2.05, 4.69) is 5.01 Å². The maximum Gasteiger partial charge on any atom is 0.153 e. The highest BCUT2D eigenvalue weighted by Gasteiger charge is 2.15. The van der Waals surface area contributed by atoms with Crippen molar-refractivity contribution in [3.8, 4) is 0 Å². The summed E-state index contributed by atoms with van der Waals surface area (Å²) >= 11 is 0. The zero-order valence-electron chi connectivity index (χ0n) is 6.94. The second-order valence-corrected chi connectivity index (χ2v) is 3.09. The van der Waals surface area contributed by atoms with Crippen molar-refractivity contribution in [2.45, 2.75) is 12.8 Å². The van der Waals surface area contributed by atoms with E-state index in [1.54, 1.807) is 0 Å². The van der Waals surface area contributed by atoms with Crippen LogP contribution in [0.2, 0.25) is 0 Å². The molecule has 0 saturated carbocycles. The molecule has 0 bridgehead atoms. The van der Waals surface area contributed by atoms with Gasteiger partial charge in [-0.05, 0) is 18.6 Å². The Morgan fingerprint density at radius 1 is 1.25 bits per heavy atom. The zero-order valence-corrected chi connectivity index (χ0v) is 6.94. The molecule has 64 valence electrons. The van der Waals surface area contributed by atoms with Gasteiger partial charge in [0.1, 0.15) is 0 Å². The monoisotopic (exact) mass is 164 g/mol. The molecule has 1 aromatic heterocycles. The van der Waals surface area contributed by atoms with E-state index in [-0.39, 0.29) is 0 Å². The zero-order chi connectivity index (χ0) is 8.39. The van der Waals surface area contributed by atoms with Crippen molar-refractivity contribution in [3.05, 3.63) is 24.5 Å². The number of hydrogen-bond acceptors (Lipinski definition) is 2. The highest BCUT2D eigenvalue weighted by molar-refractivity contribution is 5.82. The fourth-order valence-electron chi connectivity index (χ4n) is 1.53. The van der Waals surface area contributed by atoms with Crippen molar-refractivity contribution in [1.82, 2.24) is 4.68 Å². The van der Waals surface area contributed by atoms with Gasteiger partial charge in [-0.2, -0.15) is 0 Å². The molecule has 1 aromatic rings. The van der Waals surface area contributed by atoms with Gasteiger partial charge in [0.05, 0.1) is 6.54 Å². The van der Waals surface area contributed by atoms with Gasteiger partial charge in [0.2, 0.25) is 0 Å². The molecule has 0 radical (unpaired) electrons. The fraction of sp³-hybridized carbons (Fsp3) is 0.444. The SMILES string of the molecule is O=C1CCCN(n2cccc2)C1. The maximum atomic E-state index is 11.1. The molecule has 3 heteroatoms. The molecule has 3 nitrogen and oxygen atoms in total. The predicted octanol–water partition coefficient (Wildman–Crippen LogP) is 0.789. The molecule has 0 spiro atoms. The Hall–Kier alpha value is -1.25. The average Bonchev–Trinajstić information content (AvgIpc) is 2.56. The summed E-state index contributed by atoms with van der Waals surface area (Å²) in [7, 11) is 0. The van der Waals surface area contributed by atoms with Gasteiger partial charge < -0.3 is 5.01 Å². The lowest BCUT2D eigenvalue weighted by Gasteiger charge is -2.28. The fourth-order valence-corrected chi connectivity index (χ4v) is 1.53. The van der Waals surface area contributed by atoms with Crippen LogP contribution in [0.3, 0.4) is 0 Å². The smallest absolute Gasteiger partial charge is 0.153 e. The van der Waals surface area contributed by atoms with Gasteiger partial charge in [0.15, 0.2) is 5.78 Å². The van der Waals surface area contributed by atoms with Gasteiger partial charge in [-0.3, -0.25) is 9.47 Å². The van der Waals surface area contributed by atoms with E-state index in [4.69, 9.17) is 0 Å². The molecule has 0 aliphatic carbocycles. The van der Waals surface area contributed by atoms with Crippen LogP contribution in [-0.2, 0) is 4.79 Å². The Balaban J connectivity index is 2.09. The van der Waals surface area contributed by atoms with Crippen molar-refractivity contribution in [3.63, 3.8) is 0 Å². The van der Waals surface area contributed by atoms with Crippen molar-refractivity contribution < 1.29 is 4.79 Å². The Kier molecular flexibility index (Phi) is 1.86. The third kappa shape index (κ3) is 1.35. The minimum atomic E-state index is 0.343. The third-order valence-corrected chi connectivity index (χ3v) is 2.15. The first-order valence-electron chi connectivity index (χ1n) is 4.26. The van der Waals surface area contributed by atoms with E-state index in [0.29, 0.717) is 12.3 Å². The van der Waals surface area contributed by atoms with E-state index in [0.717, 1.165) is 19.4 Å². The number of carbonyl (C=O) groups excluding carboxylic acids is 1. The standard InChI is InChI=1S/C9H12N2O/c12-9-4-3-7-11(8-9)10-5-1-2-6-10/h1-2,5-6H,3-4,7-8H2. The average molecular weight is 164 g/mol. The minimum absolute atomic E-state index is 0.343. The first-order chi connectivity index (χ1) is 5.86. The van der Waals surface area contributed by atoms with E-state index < -0.39 is 0 Å². The van der Waals surface area contributed by atoms with Gasteiger partial charge in [-0.15, -0.1) is 0 Å². The molecule has 1 fully saturated rings. The summed E-state index contributed by atoms with van der Waals surface area (Å²) in [5.74, 6) is 0.343. The van der Waals surface area contributed by atoms with Crippen LogP contribution >= 0.6 is 0 Å². The molecule has 0 amide bonds. The van der Waals surface area contributed by atoms with Crippen molar-refractivity contribution in [1.29, 1.82) is 0 Å². The maximum absolute atomic E-state index is 11.1. The van der Waals surface area contributed by atoms with Crippen LogP contribution in [0.4, 0.5) is 0 Å². The van der Waals surface area contributed by atoms with Crippen LogP contribution in [-0.4, -0.2) is 23.5 Å². The molecule has 0 aromatic carbocycles. The van der Waals surface area contributed by atoms with Gasteiger partial charge >= 0.3 is 0 Å². The highest BCUT2D eigenvalue weighted by atomic mass is 16.1. The molecule has 1 aliphatic heterocycles. The molecule has 0 unspecified atom stereocenters. The van der Waals surface area contributed by atoms with Crippen LogP contribution in [0.1, 0.15) is 12.8 Å². The van der Waals surface area contributed by atoms with Crippen molar-refractivity contribution in [2.24, 2.45) is 0 Å². The molecule has 2 heterocycles. The molecule has 12 heavy (non-hydrogen) atoms. The molecule has 1 aliphatic rings. The van der Waals surface area contributed by atoms with Crippen LogP contribution in [0.5, 0.6) is 0 Å². The summed E-state index contributed by atoms with van der Waals surface area (Å²) in [6, 6.07) is 3.94. The number of nitrogens with zero attached hydrogens (tertiary/aromatic N) is 2. The molecule has 2 rings (SSSR count). The van der Waals surface area contributed by atoms with E-state index in [9.17, 15) is 4.79 Å². The molecular formula is C9H12N2O. The topological polar surface area (TPSA) is 25.2 Å². The Morgan fingerprint density at radius 3 is 2.67 bits per heavy atom.